The standard InChI is InChI=1S/C45H62N2/c1-3-5-7-9-14-18-40-34-44(46)30-28-42(40)32-38-24-20-36(21-25-38)16-12-11-13-17-37-22-26-39(27-23-37)33-43-29-31-45(47)35-41(43)19-15-10-8-6-4-2/h20-31,34-35H,3-19,32-33,46-47H2,1-2H3. The van der Waals surface area contributed by atoms with Crippen molar-refractivity contribution in [2.45, 2.75) is 136 Å². The van der Waals surface area contributed by atoms with Crippen LogP contribution in [0.5, 0.6) is 0 Å². The van der Waals surface area contributed by atoms with Crippen LogP contribution in [0.15, 0.2) is 84.9 Å². The summed E-state index contributed by atoms with van der Waals surface area (Å²) in [6, 6.07) is 31.7. The monoisotopic (exact) mass is 630 g/mol. The zero-order valence-electron chi connectivity index (χ0n) is 29.7. The summed E-state index contributed by atoms with van der Waals surface area (Å²) in [5.74, 6) is 0. The van der Waals surface area contributed by atoms with Crippen LogP contribution in [0.25, 0.3) is 0 Å². The smallest absolute Gasteiger partial charge is 0.0316 e. The number of rotatable bonds is 22. The van der Waals surface area contributed by atoms with E-state index in [1.54, 1.807) is 0 Å². The number of hydrogen-bond acceptors (Lipinski definition) is 2. The van der Waals surface area contributed by atoms with Crippen molar-refractivity contribution in [1.82, 2.24) is 0 Å². The van der Waals surface area contributed by atoms with E-state index in [4.69, 9.17) is 11.5 Å². The van der Waals surface area contributed by atoms with Gasteiger partial charge < -0.3 is 11.5 Å². The van der Waals surface area contributed by atoms with Gasteiger partial charge in [0.2, 0.25) is 0 Å². The SMILES string of the molecule is CCCCCCCc1cc(N)ccc1Cc1ccc(CCCCCc2ccc(Cc3ccc(N)cc3CCCCCCC)cc2)cc1. The fourth-order valence-electron chi connectivity index (χ4n) is 6.86. The first-order valence-electron chi connectivity index (χ1n) is 18.9. The Balaban J connectivity index is 1.17. The quantitative estimate of drug-likeness (QED) is 0.0670. The van der Waals surface area contributed by atoms with Gasteiger partial charge in [0.1, 0.15) is 0 Å². The minimum Gasteiger partial charge on any atom is -0.399 e. The Morgan fingerprint density at radius 2 is 0.681 bits per heavy atom. The summed E-state index contributed by atoms with van der Waals surface area (Å²) < 4.78 is 0. The van der Waals surface area contributed by atoms with Crippen LogP contribution in [0.3, 0.4) is 0 Å². The molecule has 0 saturated heterocycles. The number of nitrogen functional groups attached to an aromatic ring is 2. The lowest BCUT2D eigenvalue weighted by Crippen LogP contribution is -1.99. The van der Waals surface area contributed by atoms with Gasteiger partial charge in [-0.25, -0.2) is 0 Å². The molecule has 4 rings (SSSR count). The molecule has 0 aliphatic rings. The van der Waals surface area contributed by atoms with Crippen molar-refractivity contribution in [1.29, 1.82) is 0 Å². The van der Waals surface area contributed by atoms with Gasteiger partial charge in [0.15, 0.2) is 0 Å². The zero-order valence-corrected chi connectivity index (χ0v) is 29.7. The molecule has 0 radical (unpaired) electrons. The molecule has 4 N–H and O–H groups in total. The predicted molar refractivity (Wildman–Crippen MR) is 206 cm³/mol. The lowest BCUT2D eigenvalue weighted by atomic mass is 9.94. The van der Waals surface area contributed by atoms with E-state index in [1.165, 1.54) is 128 Å². The first-order valence-corrected chi connectivity index (χ1v) is 18.9. The zero-order chi connectivity index (χ0) is 33.1. The molecule has 0 aliphatic carbocycles. The van der Waals surface area contributed by atoms with E-state index in [0.29, 0.717) is 0 Å². The lowest BCUT2D eigenvalue weighted by molar-refractivity contribution is 0.631. The maximum absolute atomic E-state index is 6.15. The Morgan fingerprint density at radius 3 is 1.09 bits per heavy atom. The number of aryl methyl sites for hydroxylation is 4. The van der Waals surface area contributed by atoms with Gasteiger partial charge in [-0.2, -0.15) is 0 Å². The van der Waals surface area contributed by atoms with E-state index in [2.05, 4.69) is 98.8 Å². The van der Waals surface area contributed by atoms with Crippen molar-refractivity contribution in [3.63, 3.8) is 0 Å². The number of unbranched alkanes of at least 4 members (excludes halogenated alkanes) is 10. The Morgan fingerprint density at radius 1 is 0.340 bits per heavy atom. The fourth-order valence-corrected chi connectivity index (χ4v) is 6.86. The van der Waals surface area contributed by atoms with Gasteiger partial charge in [-0.05, 0) is 133 Å². The van der Waals surface area contributed by atoms with Crippen LogP contribution >= 0.6 is 0 Å². The third-order valence-electron chi connectivity index (χ3n) is 9.83. The van der Waals surface area contributed by atoms with Gasteiger partial charge in [0.25, 0.3) is 0 Å². The summed E-state index contributed by atoms with van der Waals surface area (Å²) in [5.41, 5.74) is 25.5. The molecule has 0 saturated carbocycles. The second-order valence-corrected chi connectivity index (χ2v) is 13.9. The van der Waals surface area contributed by atoms with Crippen LogP contribution in [0.2, 0.25) is 0 Å². The second kappa shape index (κ2) is 20.7. The van der Waals surface area contributed by atoms with Crippen molar-refractivity contribution < 1.29 is 0 Å². The van der Waals surface area contributed by atoms with Crippen molar-refractivity contribution >= 4 is 11.4 Å². The molecule has 0 unspecified atom stereocenters. The van der Waals surface area contributed by atoms with Gasteiger partial charge in [-0.3, -0.25) is 0 Å². The van der Waals surface area contributed by atoms with E-state index >= 15 is 0 Å². The van der Waals surface area contributed by atoms with Crippen LogP contribution in [-0.2, 0) is 38.5 Å². The van der Waals surface area contributed by atoms with Gasteiger partial charge in [0, 0.05) is 11.4 Å². The summed E-state index contributed by atoms with van der Waals surface area (Å²) in [6.07, 6.45) is 23.4. The second-order valence-electron chi connectivity index (χ2n) is 13.9. The summed E-state index contributed by atoms with van der Waals surface area (Å²) in [6.45, 7) is 4.55. The Hall–Kier alpha value is -3.52. The van der Waals surface area contributed by atoms with E-state index in [9.17, 15) is 0 Å². The molecule has 0 aromatic heterocycles. The summed E-state index contributed by atoms with van der Waals surface area (Å²) >= 11 is 0. The molecular weight excluding hydrogens is 569 g/mol. The fraction of sp³-hybridized carbons (Fsp3) is 0.467. The summed E-state index contributed by atoms with van der Waals surface area (Å²) in [4.78, 5) is 0. The van der Waals surface area contributed by atoms with Crippen LogP contribution < -0.4 is 11.5 Å². The van der Waals surface area contributed by atoms with Gasteiger partial charge in [0.05, 0.1) is 0 Å². The minimum absolute atomic E-state index is 0.885. The Kier molecular flexibility index (Phi) is 16.0. The third kappa shape index (κ3) is 13.3. The molecule has 2 nitrogen and oxygen atoms in total. The van der Waals surface area contributed by atoms with Crippen molar-refractivity contribution in [3.05, 3.63) is 129 Å². The van der Waals surface area contributed by atoms with Crippen LogP contribution in [0.4, 0.5) is 11.4 Å². The molecular formula is C45H62N2. The van der Waals surface area contributed by atoms with Crippen LogP contribution in [0, 0.1) is 0 Å². The van der Waals surface area contributed by atoms with Crippen LogP contribution in [-0.4, -0.2) is 0 Å². The van der Waals surface area contributed by atoms with Gasteiger partial charge in [-0.15, -0.1) is 0 Å². The van der Waals surface area contributed by atoms with Crippen molar-refractivity contribution in [2.75, 3.05) is 11.5 Å². The first kappa shape index (κ1) is 36.3. The molecule has 4 aromatic rings. The lowest BCUT2D eigenvalue weighted by Gasteiger charge is -2.12. The van der Waals surface area contributed by atoms with Crippen molar-refractivity contribution in [3.8, 4) is 0 Å². The Labute approximate surface area is 287 Å². The van der Waals surface area contributed by atoms with E-state index < -0.39 is 0 Å². The van der Waals surface area contributed by atoms with Crippen molar-refractivity contribution in [2.24, 2.45) is 0 Å². The average Bonchev–Trinajstić information content (AvgIpc) is 3.08. The molecule has 0 atom stereocenters. The molecule has 47 heavy (non-hydrogen) atoms. The first-order chi connectivity index (χ1) is 23.0. The molecule has 252 valence electrons. The molecule has 0 heterocycles. The molecule has 0 spiro atoms. The highest BCUT2D eigenvalue weighted by Gasteiger charge is 2.08. The van der Waals surface area contributed by atoms with Crippen LogP contribution in [0.1, 0.15) is 142 Å². The molecule has 0 fully saturated rings. The molecule has 0 bridgehead atoms. The van der Waals surface area contributed by atoms with E-state index in [-0.39, 0.29) is 0 Å². The number of hydrogen-bond donors (Lipinski definition) is 2. The topological polar surface area (TPSA) is 52.0 Å². The highest BCUT2D eigenvalue weighted by molar-refractivity contribution is 5.47. The number of nitrogens with two attached hydrogens (primary N) is 2. The molecule has 0 aliphatic heterocycles. The number of benzene rings is 4. The maximum atomic E-state index is 6.15. The molecule has 2 heteroatoms. The Bertz CT molecular complexity index is 1320. The van der Waals surface area contributed by atoms with E-state index in [0.717, 1.165) is 49.9 Å². The normalized spacial score (nSPS) is 11.3. The molecule has 0 amide bonds. The van der Waals surface area contributed by atoms with Gasteiger partial charge >= 0.3 is 0 Å². The molecule has 4 aromatic carbocycles. The maximum Gasteiger partial charge on any atom is 0.0316 e. The predicted octanol–water partition coefficient (Wildman–Crippen LogP) is 12.0. The third-order valence-corrected chi connectivity index (χ3v) is 9.83. The highest BCUT2D eigenvalue weighted by Crippen LogP contribution is 2.23. The largest absolute Gasteiger partial charge is 0.399 e. The summed E-state index contributed by atoms with van der Waals surface area (Å²) in [5, 5.41) is 0. The average molecular weight is 631 g/mol. The highest BCUT2D eigenvalue weighted by atomic mass is 14.5. The van der Waals surface area contributed by atoms with E-state index in [1.807, 2.05) is 0 Å². The van der Waals surface area contributed by atoms with Gasteiger partial charge in [-0.1, -0.05) is 132 Å². The minimum atomic E-state index is 0.885. The number of anilines is 2. The summed E-state index contributed by atoms with van der Waals surface area (Å²) in [7, 11) is 0.